The number of hydrogen-bond donors (Lipinski definition) is 1. The van der Waals surface area contributed by atoms with Gasteiger partial charge in [0.2, 0.25) is 5.91 Å². The van der Waals surface area contributed by atoms with E-state index in [2.05, 4.69) is 10.2 Å². The Morgan fingerprint density at radius 3 is 2.31 bits per heavy atom. The van der Waals surface area contributed by atoms with Crippen molar-refractivity contribution in [3.8, 4) is 0 Å². The van der Waals surface area contributed by atoms with Crippen molar-refractivity contribution < 1.29 is 9.59 Å². The minimum atomic E-state index is -0.0228. The van der Waals surface area contributed by atoms with E-state index in [4.69, 9.17) is 0 Å². The van der Waals surface area contributed by atoms with Gasteiger partial charge in [-0.15, -0.1) is 0 Å². The van der Waals surface area contributed by atoms with E-state index in [9.17, 15) is 9.59 Å². The molecule has 1 aliphatic rings. The van der Waals surface area contributed by atoms with Crippen LogP contribution in [0.2, 0.25) is 0 Å². The maximum Gasteiger partial charge on any atom is 0.254 e. The SMILES string of the molecule is Cc1ccc(C(=O)N2CCN(CC(=O)Nc3ccccc3)CC2)c(C)c1. The Kier molecular flexibility index (Phi) is 5.68. The lowest BCUT2D eigenvalue weighted by atomic mass is 10.0. The van der Waals surface area contributed by atoms with Gasteiger partial charge in [0.15, 0.2) is 0 Å². The van der Waals surface area contributed by atoms with E-state index >= 15 is 0 Å². The van der Waals surface area contributed by atoms with Crippen LogP contribution in [0.4, 0.5) is 5.69 Å². The number of carbonyl (C=O) groups is 2. The van der Waals surface area contributed by atoms with Gasteiger partial charge in [-0.2, -0.15) is 0 Å². The minimum Gasteiger partial charge on any atom is -0.336 e. The molecule has 2 aromatic carbocycles. The van der Waals surface area contributed by atoms with Crippen molar-refractivity contribution in [2.45, 2.75) is 13.8 Å². The zero-order chi connectivity index (χ0) is 18.5. The van der Waals surface area contributed by atoms with Crippen LogP contribution in [0.15, 0.2) is 48.5 Å². The molecule has 1 N–H and O–H groups in total. The molecule has 1 aliphatic heterocycles. The number of nitrogens with zero attached hydrogens (tertiary/aromatic N) is 2. The molecule has 1 saturated heterocycles. The van der Waals surface area contributed by atoms with Crippen molar-refractivity contribution in [1.82, 2.24) is 9.80 Å². The highest BCUT2D eigenvalue weighted by atomic mass is 16.2. The normalized spacial score (nSPS) is 14.9. The Hall–Kier alpha value is -2.66. The first kappa shape index (κ1) is 18.1. The quantitative estimate of drug-likeness (QED) is 0.921. The molecule has 5 heteroatoms. The van der Waals surface area contributed by atoms with Crippen molar-refractivity contribution in [1.29, 1.82) is 0 Å². The summed E-state index contributed by atoms with van der Waals surface area (Å²) in [5.41, 5.74) is 3.75. The lowest BCUT2D eigenvalue weighted by Crippen LogP contribution is -2.50. The monoisotopic (exact) mass is 351 g/mol. The molecule has 0 bridgehead atoms. The molecule has 0 unspecified atom stereocenters. The van der Waals surface area contributed by atoms with Gasteiger partial charge in [0.25, 0.3) is 5.91 Å². The lowest BCUT2D eigenvalue weighted by Gasteiger charge is -2.34. The highest BCUT2D eigenvalue weighted by Gasteiger charge is 2.24. The van der Waals surface area contributed by atoms with Gasteiger partial charge in [0, 0.05) is 37.4 Å². The first-order valence-electron chi connectivity index (χ1n) is 8.97. The molecule has 136 valence electrons. The smallest absolute Gasteiger partial charge is 0.254 e. The fraction of sp³-hybridized carbons (Fsp3) is 0.333. The second kappa shape index (κ2) is 8.15. The standard InChI is InChI=1S/C21H25N3O2/c1-16-8-9-19(17(2)14-16)21(26)24-12-10-23(11-13-24)15-20(25)22-18-6-4-3-5-7-18/h3-9,14H,10-13,15H2,1-2H3,(H,22,25). The minimum absolute atomic E-state index is 0.0228. The second-order valence-corrected chi connectivity index (χ2v) is 6.80. The number of benzene rings is 2. The summed E-state index contributed by atoms with van der Waals surface area (Å²) in [5, 5.41) is 2.90. The predicted octanol–water partition coefficient (Wildman–Crippen LogP) is 2.70. The molecule has 0 aliphatic carbocycles. The molecule has 26 heavy (non-hydrogen) atoms. The summed E-state index contributed by atoms with van der Waals surface area (Å²) in [5.74, 6) is 0.0567. The zero-order valence-corrected chi connectivity index (χ0v) is 15.4. The third kappa shape index (κ3) is 4.49. The first-order valence-corrected chi connectivity index (χ1v) is 8.97. The fourth-order valence-electron chi connectivity index (χ4n) is 3.26. The third-order valence-electron chi connectivity index (χ3n) is 4.70. The van der Waals surface area contributed by atoms with Crippen LogP contribution in [-0.2, 0) is 4.79 Å². The van der Waals surface area contributed by atoms with Crippen LogP contribution in [-0.4, -0.2) is 54.3 Å². The number of hydrogen-bond acceptors (Lipinski definition) is 3. The van der Waals surface area contributed by atoms with Gasteiger partial charge in [-0.25, -0.2) is 0 Å². The number of nitrogens with one attached hydrogen (secondary N) is 1. The maximum atomic E-state index is 12.7. The summed E-state index contributed by atoms with van der Waals surface area (Å²) < 4.78 is 0. The van der Waals surface area contributed by atoms with Crippen LogP contribution in [0, 0.1) is 13.8 Å². The van der Waals surface area contributed by atoms with Gasteiger partial charge < -0.3 is 10.2 Å². The molecule has 1 fully saturated rings. The first-order chi connectivity index (χ1) is 12.5. The summed E-state index contributed by atoms with van der Waals surface area (Å²) in [4.78, 5) is 28.9. The van der Waals surface area contributed by atoms with Crippen LogP contribution in [0.1, 0.15) is 21.5 Å². The molecule has 0 radical (unpaired) electrons. The van der Waals surface area contributed by atoms with Crippen LogP contribution in [0.5, 0.6) is 0 Å². The van der Waals surface area contributed by atoms with Crippen molar-refractivity contribution in [3.05, 3.63) is 65.2 Å². The zero-order valence-electron chi connectivity index (χ0n) is 15.4. The van der Waals surface area contributed by atoms with Crippen LogP contribution in [0.3, 0.4) is 0 Å². The highest BCUT2D eigenvalue weighted by Crippen LogP contribution is 2.15. The number of anilines is 1. The average molecular weight is 351 g/mol. The molecule has 0 aromatic heterocycles. The molecule has 0 atom stereocenters. The number of piperazine rings is 1. The summed E-state index contributed by atoms with van der Waals surface area (Å²) in [6, 6.07) is 15.4. The Morgan fingerprint density at radius 2 is 1.65 bits per heavy atom. The topological polar surface area (TPSA) is 52.7 Å². The van der Waals surface area contributed by atoms with Crippen LogP contribution < -0.4 is 5.32 Å². The van der Waals surface area contributed by atoms with Gasteiger partial charge >= 0.3 is 0 Å². The fourth-order valence-corrected chi connectivity index (χ4v) is 3.26. The third-order valence-corrected chi connectivity index (χ3v) is 4.70. The summed E-state index contributed by atoms with van der Waals surface area (Å²) >= 11 is 0. The average Bonchev–Trinajstić information content (AvgIpc) is 2.62. The van der Waals surface area contributed by atoms with Crippen LogP contribution >= 0.6 is 0 Å². The molecule has 1 heterocycles. The number of carbonyl (C=O) groups excluding carboxylic acids is 2. The van der Waals surface area contributed by atoms with Crippen molar-refractivity contribution in [2.75, 3.05) is 38.0 Å². The Morgan fingerprint density at radius 1 is 0.962 bits per heavy atom. The predicted molar refractivity (Wildman–Crippen MR) is 103 cm³/mol. The largest absolute Gasteiger partial charge is 0.336 e. The molecule has 2 amide bonds. The highest BCUT2D eigenvalue weighted by molar-refractivity contribution is 5.96. The molecular formula is C21H25N3O2. The summed E-state index contributed by atoms with van der Waals surface area (Å²) in [6.07, 6.45) is 0. The van der Waals surface area contributed by atoms with Gasteiger partial charge in [0.05, 0.1) is 6.54 Å². The molecule has 2 aromatic rings. The second-order valence-electron chi connectivity index (χ2n) is 6.80. The molecular weight excluding hydrogens is 326 g/mol. The van der Waals surface area contributed by atoms with E-state index in [0.717, 1.165) is 22.4 Å². The van der Waals surface area contributed by atoms with E-state index in [-0.39, 0.29) is 11.8 Å². The molecule has 0 saturated carbocycles. The van der Waals surface area contributed by atoms with Crippen molar-refractivity contribution in [2.24, 2.45) is 0 Å². The van der Waals surface area contributed by atoms with Crippen LogP contribution in [0.25, 0.3) is 0 Å². The van der Waals surface area contributed by atoms with Gasteiger partial charge in [-0.1, -0.05) is 35.9 Å². The van der Waals surface area contributed by atoms with Gasteiger partial charge in [-0.3, -0.25) is 14.5 Å². The lowest BCUT2D eigenvalue weighted by molar-refractivity contribution is -0.117. The number of aryl methyl sites for hydroxylation is 2. The molecule has 5 nitrogen and oxygen atoms in total. The molecule has 3 rings (SSSR count). The van der Waals surface area contributed by atoms with E-state index in [0.29, 0.717) is 32.7 Å². The summed E-state index contributed by atoms with van der Waals surface area (Å²) in [7, 11) is 0. The maximum absolute atomic E-state index is 12.7. The van der Waals surface area contributed by atoms with Gasteiger partial charge in [0.1, 0.15) is 0 Å². The van der Waals surface area contributed by atoms with E-state index in [1.807, 2.05) is 67.3 Å². The van der Waals surface area contributed by atoms with E-state index < -0.39 is 0 Å². The number of rotatable bonds is 4. The van der Waals surface area contributed by atoms with Crippen molar-refractivity contribution in [3.63, 3.8) is 0 Å². The molecule has 0 spiro atoms. The van der Waals surface area contributed by atoms with Gasteiger partial charge in [-0.05, 0) is 37.6 Å². The Bertz CT molecular complexity index is 781. The Balaban J connectivity index is 1.51. The van der Waals surface area contributed by atoms with Crippen molar-refractivity contribution >= 4 is 17.5 Å². The summed E-state index contributed by atoms with van der Waals surface area (Å²) in [6.45, 7) is 7.05. The van der Waals surface area contributed by atoms with E-state index in [1.165, 1.54) is 0 Å². The Labute approximate surface area is 154 Å². The number of para-hydroxylation sites is 1. The van der Waals surface area contributed by atoms with E-state index in [1.54, 1.807) is 0 Å². The number of amides is 2.